The van der Waals surface area contributed by atoms with Crippen molar-refractivity contribution in [1.82, 2.24) is 10.2 Å². The summed E-state index contributed by atoms with van der Waals surface area (Å²) in [5.41, 5.74) is 4.83. The second-order valence-corrected chi connectivity index (χ2v) is 8.16. The molecule has 136 valence electrons. The van der Waals surface area contributed by atoms with Gasteiger partial charge < -0.3 is 10.2 Å². The minimum Gasteiger partial charge on any atom is -0.334 e. The monoisotopic (exact) mass is 366 g/mol. The summed E-state index contributed by atoms with van der Waals surface area (Å²) in [6.45, 7) is 3.70. The fourth-order valence-corrected chi connectivity index (χ4v) is 4.51. The minimum atomic E-state index is 0.151. The molecular weight excluding hydrogens is 340 g/mol. The Balaban J connectivity index is 1.45. The van der Waals surface area contributed by atoms with E-state index in [2.05, 4.69) is 41.9 Å². The number of nitrogens with one attached hydrogen (secondary N) is 1. The lowest BCUT2D eigenvalue weighted by atomic mass is 9.91. The van der Waals surface area contributed by atoms with Gasteiger partial charge in [0, 0.05) is 30.1 Å². The zero-order valence-corrected chi connectivity index (χ0v) is 16.1. The molecule has 0 spiro atoms. The number of hydrogen-bond acceptors (Lipinski definition) is 3. The molecule has 0 bridgehead atoms. The number of hydrogen-bond donors (Lipinski definition) is 1. The van der Waals surface area contributed by atoms with Gasteiger partial charge in [-0.15, -0.1) is 11.8 Å². The Hall–Kier alpha value is -1.78. The topological polar surface area (TPSA) is 32.3 Å². The molecule has 4 heteroatoms. The lowest BCUT2D eigenvalue weighted by Gasteiger charge is -2.29. The van der Waals surface area contributed by atoms with Crippen LogP contribution in [0.2, 0.25) is 0 Å². The first-order valence-electron chi connectivity index (χ1n) is 9.50. The maximum absolute atomic E-state index is 12.9. The van der Waals surface area contributed by atoms with Crippen LogP contribution >= 0.6 is 11.8 Å². The van der Waals surface area contributed by atoms with Crippen molar-refractivity contribution in [2.24, 2.45) is 0 Å². The van der Waals surface area contributed by atoms with Gasteiger partial charge in [-0.1, -0.05) is 18.2 Å². The largest absolute Gasteiger partial charge is 0.334 e. The van der Waals surface area contributed by atoms with Crippen molar-refractivity contribution >= 4 is 17.7 Å². The van der Waals surface area contributed by atoms with E-state index in [9.17, 15) is 4.79 Å². The number of rotatable bonds is 3. The minimum absolute atomic E-state index is 0.151. The maximum Gasteiger partial charge on any atom is 0.254 e. The van der Waals surface area contributed by atoms with Crippen LogP contribution in [-0.4, -0.2) is 36.7 Å². The molecule has 2 aromatic carbocycles. The van der Waals surface area contributed by atoms with Gasteiger partial charge in [-0.2, -0.15) is 0 Å². The molecule has 0 saturated carbocycles. The van der Waals surface area contributed by atoms with Crippen molar-refractivity contribution < 1.29 is 4.79 Å². The number of carbonyl (C=O) groups is 1. The summed E-state index contributed by atoms with van der Waals surface area (Å²) in [7, 11) is 0. The lowest BCUT2D eigenvalue weighted by molar-refractivity contribution is 0.0734. The number of benzene rings is 2. The van der Waals surface area contributed by atoms with Gasteiger partial charge in [0.25, 0.3) is 5.91 Å². The number of amides is 1. The first kappa shape index (κ1) is 17.6. The first-order chi connectivity index (χ1) is 12.7. The molecule has 1 saturated heterocycles. The van der Waals surface area contributed by atoms with Gasteiger partial charge in [-0.3, -0.25) is 4.79 Å². The van der Waals surface area contributed by atoms with Crippen LogP contribution in [0, 0.1) is 0 Å². The Bertz CT molecular complexity index is 781. The van der Waals surface area contributed by atoms with Crippen LogP contribution in [0.4, 0.5) is 0 Å². The van der Waals surface area contributed by atoms with Gasteiger partial charge in [0.15, 0.2) is 0 Å². The molecule has 26 heavy (non-hydrogen) atoms. The van der Waals surface area contributed by atoms with E-state index in [0.29, 0.717) is 5.92 Å². The van der Waals surface area contributed by atoms with E-state index in [1.165, 1.54) is 34.4 Å². The van der Waals surface area contributed by atoms with Crippen LogP contribution in [0.3, 0.4) is 0 Å². The highest BCUT2D eigenvalue weighted by Crippen LogP contribution is 2.26. The highest BCUT2D eigenvalue weighted by atomic mass is 32.2. The fourth-order valence-electron chi connectivity index (χ4n) is 4.05. The Morgan fingerprint density at radius 1 is 1.15 bits per heavy atom. The maximum atomic E-state index is 12.9. The lowest BCUT2D eigenvalue weighted by Crippen LogP contribution is -2.36. The summed E-state index contributed by atoms with van der Waals surface area (Å²) in [6, 6.07) is 14.9. The predicted octanol–water partition coefficient (Wildman–Crippen LogP) is 4.07. The van der Waals surface area contributed by atoms with Crippen LogP contribution in [0.1, 0.15) is 45.8 Å². The molecule has 0 radical (unpaired) electrons. The van der Waals surface area contributed by atoms with Crippen LogP contribution in [0.15, 0.2) is 47.4 Å². The van der Waals surface area contributed by atoms with Crippen molar-refractivity contribution in [3.05, 3.63) is 64.7 Å². The average molecular weight is 367 g/mol. The van der Waals surface area contributed by atoms with Crippen molar-refractivity contribution in [2.75, 3.05) is 25.9 Å². The summed E-state index contributed by atoms with van der Waals surface area (Å²) < 4.78 is 0. The molecule has 3 nitrogen and oxygen atoms in total. The van der Waals surface area contributed by atoms with Crippen molar-refractivity contribution in [3.63, 3.8) is 0 Å². The van der Waals surface area contributed by atoms with Crippen LogP contribution in [0.5, 0.6) is 0 Å². The SMILES string of the molecule is CSc1ccc2c(c1)CCN(C(=O)c1ccc(C3CCCNC3)cc1)C2. The standard InChI is InChI=1S/C22H26N2OS/c1-26-21-9-8-20-15-24(12-10-18(20)13-21)22(25)17-6-4-16(5-7-17)19-3-2-11-23-14-19/h4-9,13,19,23H,2-3,10-12,14-15H2,1H3. The van der Waals surface area contributed by atoms with E-state index in [4.69, 9.17) is 0 Å². The molecule has 2 aromatic rings. The van der Waals surface area contributed by atoms with Gasteiger partial charge in [0.05, 0.1) is 0 Å². The van der Waals surface area contributed by atoms with Crippen molar-refractivity contribution in [3.8, 4) is 0 Å². The summed E-state index contributed by atoms with van der Waals surface area (Å²) in [6.07, 6.45) is 5.52. The molecule has 1 N–H and O–H groups in total. The third-order valence-electron chi connectivity index (χ3n) is 5.64. The highest BCUT2D eigenvalue weighted by molar-refractivity contribution is 7.98. The third-order valence-corrected chi connectivity index (χ3v) is 6.36. The third kappa shape index (κ3) is 3.67. The van der Waals surface area contributed by atoms with Gasteiger partial charge in [-0.25, -0.2) is 0 Å². The van der Waals surface area contributed by atoms with E-state index in [0.717, 1.165) is 38.2 Å². The molecule has 1 unspecified atom stereocenters. The number of carbonyl (C=O) groups excluding carboxylic acids is 1. The molecule has 2 aliphatic rings. The second kappa shape index (κ2) is 7.85. The van der Waals surface area contributed by atoms with Crippen molar-refractivity contribution in [2.45, 2.75) is 36.6 Å². The fraction of sp³-hybridized carbons (Fsp3) is 0.409. The summed E-state index contributed by atoms with van der Waals surface area (Å²) in [5, 5.41) is 3.46. The second-order valence-electron chi connectivity index (χ2n) is 7.28. The van der Waals surface area contributed by atoms with Crippen LogP contribution < -0.4 is 5.32 Å². The zero-order valence-electron chi connectivity index (χ0n) is 15.3. The Morgan fingerprint density at radius 2 is 2.00 bits per heavy atom. The van der Waals surface area contributed by atoms with E-state index < -0.39 is 0 Å². The molecule has 1 amide bonds. The molecule has 4 rings (SSSR count). The van der Waals surface area contributed by atoms with Gasteiger partial charge >= 0.3 is 0 Å². The summed E-state index contributed by atoms with van der Waals surface area (Å²) in [5.74, 6) is 0.735. The quantitative estimate of drug-likeness (QED) is 0.831. The van der Waals surface area contributed by atoms with Crippen molar-refractivity contribution in [1.29, 1.82) is 0 Å². The Morgan fingerprint density at radius 3 is 2.73 bits per heavy atom. The summed E-state index contributed by atoms with van der Waals surface area (Å²) in [4.78, 5) is 16.2. The van der Waals surface area contributed by atoms with E-state index in [-0.39, 0.29) is 5.91 Å². The number of fused-ring (bicyclic) bond motifs is 1. The zero-order chi connectivity index (χ0) is 17.9. The normalized spacial score (nSPS) is 19.9. The molecule has 1 fully saturated rings. The van der Waals surface area contributed by atoms with E-state index >= 15 is 0 Å². The molecule has 2 aliphatic heterocycles. The molecule has 0 aromatic heterocycles. The molecule has 0 aliphatic carbocycles. The number of thioether (sulfide) groups is 1. The molecule has 1 atom stereocenters. The average Bonchev–Trinajstić information content (AvgIpc) is 2.73. The van der Waals surface area contributed by atoms with Gasteiger partial charge in [0.1, 0.15) is 0 Å². The molecular formula is C22H26N2OS. The predicted molar refractivity (Wildman–Crippen MR) is 108 cm³/mol. The Kier molecular flexibility index (Phi) is 5.32. The van der Waals surface area contributed by atoms with E-state index in [1.54, 1.807) is 11.8 Å². The van der Waals surface area contributed by atoms with Gasteiger partial charge in [0.2, 0.25) is 0 Å². The van der Waals surface area contributed by atoms with E-state index in [1.807, 2.05) is 17.0 Å². The first-order valence-corrected chi connectivity index (χ1v) is 10.7. The number of nitrogens with zero attached hydrogens (tertiary/aromatic N) is 1. The van der Waals surface area contributed by atoms with Crippen LogP contribution in [0.25, 0.3) is 0 Å². The highest BCUT2D eigenvalue weighted by Gasteiger charge is 2.22. The molecule has 2 heterocycles. The smallest absolute Gasteiger partial charge is 0.254 e. The van der Waals surface area contributed by atoms with Crippen LogP contribution in [-0.2, 0) is 13.0 Å². The number of piperidine rings is 1. The Labute approximate surface area is 160 Å². The van der Waals surface area contributed by atoms with Gasteiger partial charge in [-0.05, 0) is 78.9 Å². The summed E-state index contributed by atoms with van der Waals surface area (Å²) >= 11 is 1.77.